The summed E-state index contributed by atoms with van der Waals surface area (Å²) in [6.07, 6.45) is 1.87. The average Bonchev–Trinajstić information content (AvgIpc) is 2.59. The predicted molar refractivity (Wildman–Crippen MR) is 104 cm³/mol. The second-order valence-electron chi connectivity index (χ2n) is 8.45. The highest BCUT2D eigenvalue weighted by Crippen LogP contribution is 2.59. The lowest BCUT2D eigenvalue weighted by Gasteiger charge is -2.49. The maximum absolute atomic E-state index is 13.4. The highest BCUT2D eigenvalue weighted by atomic mass is 16.2. The molecule has 0 N–H and O–H groups in total. The lowest BCUT2D eigenvalue weighted by atomic mass is 9.57. The van der Waals surface area contributed by atoms with Gasteiger partial charge in [-0.2, -0.15) is 0 Å². The van der Waals surface area contributed by atoms with Gasteiger partial charge in [0.05, 0.1) is 11.1 Å². The van der Waals surface area contributed by atoms with Crippen molar-refractivity contribution in [3.63, 3.8) is 0 Å². The Morgan fingerprint density at radius 1 is 0.920 bits per heavy atom. The van der Waals surface area contributed by atoms with Crippen LogP contribution in [0.2, 0.25) is 0 Å². The van der Waals surface area contributed by atoms with Crippen molar-refractivity contribution in [2.45, 2.75) is 33.6 Å². The molecule has 2 aliphatic rings. The summed E-state index contributed by atoms with van der Waals surface area (Å²) in [4.78, 5) is 15.3. The molecule has 1 aliphatic heterocycles. The molecule has 1 aliphatic carbocycles. The van der Waals surface area contributed by atoms with Crippen LogP contribution >= 0.6 is 0 Å². The van der Waals surface area contributed by atoms with E-state index in [0.717, 1.165) is 18.5 Å². The van der Waals surface area contributed by atoms with E-state index in [1.54, 1.807) is 0 Å². The van der Waals surface area contributed by atoms with Gasteiger partial charge in [-0.25, -0.2) is 0 Å². The van der Waals surface area contributed by atoms with Gasteiger partial charge in [-0.05, 0) is 48.0 Å². The number of carbonyl (C=O) groups is 1. The topological polar surface area (TPSA) is 20.3 Å². The minimum Gasteiger partial charge on any atom is -0.314 e. The van der Waals surface area contributed by atoms with E-state index in [9.17, 15) is 4.79 Å². The van der Waals surface area contributed by atoms with E-state index in [-0.39, 0.29) is 11.3 Å². The molecule has 0 spiro atoms. The van der Waals surface area contributed by atoms with E-state index in [2.05, 4.69) is 69.3 Å². The van der Waals surface area contributed by atoms with Gasteiger partial charge in [0.25, 0.3) is 0 Å². The van der Waals surface area contributed by atoms with Crippen LogP contribution in [0, 0.1) is 10.8 Å². The van der Waals surface area contributed by atoms with Gasteiger partial charge in [0.2, 0.25) is 5.91 Å². The van der Waals surface area contributed by atoms with Crippen molar-refractivity contribution in [2.24, 2.45) is 10.8 Å². The first-order chi connectivity index (χ1) is 11.8. The lowest BCUT2D eigenvalue weighted by Crippen LogP contribution is -2.49. The van der Waals surface area contributed by atoms with Crippen LogP contribution in [0.5, 0.6) is 0 Å². The van der Waals surface area contributed by atoms with E-state index < -0.39 is 5.41 Å². The van der Waals surface area contributed by atoms with E-state index in [4.69, 9.17) is 0 Å². The third-order valence-corrected chi connectivity index (χ3v) is 5.77. The van der Waals surface area contributed by atoms with E-state index >= 15 is 0 Å². The smallest absolute Gasteiger partial charge is 0.237 e. The fourth-order valence-corrected chi connectivity index (χ4v) is 4.99. The average molecular weight is 331 g/mol. The summed E-state index contributed by atoms with van der Waals surface area (Å²) < 4.78 is 0. The van der Waals surface area contributed by atoms with Gasteiger partial charge in [-0.1, -0.05) is 62.4 Å². The van der Waals surface area contributed by atoms with Crippen LogP contribution in [0.15, 0.2) is 54.6 Å². The monoisotopic (exact) mass is 331 g/mol. The number of anilines is 1. The molecule has 0 fully saturated rings. The summed E-state index contributed by atoms with van der Waals surface area (Å²) in [6, 6.07) is 18.9. The molecular weight excluding hydrogens is 306 g/mol. The third-order valence-electron chi connectivity index (χ3n) is 5.77. The zero-order valence-electron chi connectivity index (χ0n) is 15.5. The van der Waals surface area contributed by atoms with Gasteiger partial charge in [0, 0.05) is 12.6 Å². The van der Waals surface area contributed by atoms with Crippen LogP contribution in [-0.4, -0.2) is 13.0 Å². The van der Waals surface area contributed by atoms with Crippen LogP contribution < -0.4 is 4.90 Å². The Bertz CT molecular complexity index is 878. The molecule has 0 saturated heterocycles. The van der Waals surface area contributed by atoms with E-state index in [1.165, 1.54) is 22.3 Å². The van der Waals surface area contributed by atoms with E-state index in [0.29, 0.717) is 0 Å². The van der Waals surface area contributed by atoms with Crippen molar-refractivity contribution in [3.8, 4) is 0 Å². The standard InChI is InChI=1S/C23H25NO/c1-22(2)14-18(16-10-6-5-7-11-16)20-17-12-8-9-13-19(17)24(4)21(25)23(20,3)15-22/h5-13H,14-15H2,1-4H3. The normalized spacial score (nSPS) is 24.8. The van der Waals surface area contributed by atoms with Gasteiger partial charge in [-0.15, -0.1) is 0 Å². The largest absolute Gasteiger partial charge is 0.314 e. The maximum atomic E-state index is 13.4. The molecule has 0 saturated carbocycles. The van der Waals surface area contributed by atoms with Crippen LogP contribution in [0.25, 0.3) is 11.1 Å². The van der Waals surface area contributed by atoms with Gasteiger partial charge in [-0.3, -0.25) is 4.79 Å². The van der Waals surface area contributed by atoms with Crippen molar-refractivity contribution >= 4 is 22.7 Å². The number of hydrogen-bond acceptors (Lipinski definition) is 1. The summed E-state index contributed by atoms with van der Waals surface area (Å²) in [6.45, 7) is 6.71. The van der Waals surface area contributed by atoms with Crippen molar-refractivity contribution in [2.75, 3.05) is 11.9 Å². The lowest BCUT2D eigenvalue weighted by molar-refractivity contribution is -0.126. The zero-order valence-corrected chi connectivity index (χ0v) is 15.5. The molecular formula is C23H25NO. The molecule has 25 heavy (non-hydrogen) atoms. The number of amides is 1. The Hall–Kier alpha value is -2.35. The number of hydrogen-bond donors (Lipinski definition) is 0. The Morgan fingerprint density at radius 3 is 2.28 bits per heavy atom. The Morgan fingerprint density at radius 2 is 1.56 bits per heavy atom. The van der Waals surface area contributed by atoms with Crippen LogP contribution in [0.4, 0.5) is 5.69 Å². The summed E-state index contributed by atoms with van der Waals surface area (Å²) in [5.41, 5.74) is 5.64. The highest BCUT2D eigenvalue weighted by molar-refractivity contribution is 6.16. The van der Waals surface area contributed by atoms with Gasteiger partial charge in [0.1, 0.15) is 0 Å². The molecule has 128 valence electrons. The number of allylic oxidation sites excluding steroid dienone is 1. The second-order valence-corrected chi connectivity index (χ2v) is 8.45. The molecule has 2 aromatic carbocycles. The third kappa shape index (κ3) is 2.35. The SMILES string of the molecule is CN1C(=O)C2(C)CC(C)(C)CC(c3ccccc3)=C2c2ccccc21. The van der Waals surface area contributed by atoms with Gasteiger partial charge < -0.3 is 4.90 Å². The van der Waals surface area contributed by atoms with Gasteiger partial charge in [0.15, 0.2) is 0 Å². The van der Waals surface area contributed by atoms with Crippen molar-refractivity contribution in [1.82, 2.24) is 0 Å². The molecule has 4 rings (SSSR count). The van der Waals surface area contributed by atoms with Crippen molar-refractivity contribution in [3.05, 3.63) is 65.7 Å². The van der Waals surface area contributed by atoms with Crippen molar-refractivity contribution < 1.29 is 4.79 Å². The fourth-order valence-electron chi connectivity index (χ4n) is 4.99. The minimum absolute atomic E-state index is 0.0895. The molecule has 2 aromatic rings. The number of rotatable bonds is 1. The van der Waals surface area contributed by atoms with Crippen LogP contribution in [0.1, 0.15) is 44.7 Å². The minimum atomic E-state index is -0.476. The summed E-state index contributed by atoms with van der Waals surface area (Å²) in [7, 11) is 1.91. The molecule has 2 heteroatoms. The number of carbonyl (C=O) groups excluding carboxylic acids is 1. The number of benzene rings is 2. The highest BCUT2D eigenvalue weighted by Gasteiger charge is 2.51. The van der Waals surface area contributed by atoms with E-state index in [1.807, 2.05) is 18.0 Å². The number of nitrogens with zero attached hydrogens (tertiary/aromatic N) is 1. The molecule has 1 amide bonds. The first kappa shape index (κ1) is 16.1. The summed E-state index contributed by atoms with van der Waals surface area (Å²) in [5.74, 6) is 0.211. The summed E-state index contributed by atoms with van der Waals surface area (Å²) in [5, 5.41) is 0. The quantitative estimate of drug-likeness (QED) is 0.685. The van der Waals surface area contributed by atoms with Crippen LogP contribution in [0.3, 0.4) is 0 Å². The predicted octanol–water partition coefficient (Wildman–Crippen LogP) is 5.40. The second kappa shape index (κ2) is 5.32. The zero-order chi connectivity index (χ0) is 17.8. The number of fused-ring (bicyclic) bond motifs is 3. The Kier molecular flexibility index (Phi) is 3.44. The first-order valence-electron chi connectivity index (χ1n) is 9.00. The molecule has 0 aromatic heterocycles. The molecule has 0 radical (unpaired) electrons. The maximum Gasteiger partial charge on any atom is 0.237 e. The Balaban J connectivity index is 2.09. The molecule has 2 nitrogen and oxygen atoms in total. The molecule has 1 unspecified atom stereocenters. The molecule has 1 heterocycles. The van der Waals surface area contributed by atoms with Gasteiger partial charge >= 0.3 is 0 Å². The summed E-state index contributed by atoms with van der Waals surface area (Å²) >= 11 is 0. The van der Waals surface area contributed by atoms with Crippen molar-refractivity contribution in [1.29, 1.82) is 0 Å². The number of para-hydroxylation sites is 1. The fraction of sp³-hybridized carbons (Fsp3) is 0.348. The van der Waals surface area contributed by atoms with Crippen LogP contribution in [-0.2, 0) is 4.79 Å². The molecule has 1 atom stereocenters. The molecule has 0 bridgehead atoms. The first-order valence-corrected chi connectivity index (χ1v) is 9.00. The Labute approximate surface area is 150 Å².